The number of alkyl halides is 3. The normalized spacial score (nSPS) is 17.3. The van der Waals surface area contributed by atoms with Crippen LogP contribution in [0.25, 0.3) is 0 Å². The Morgan fingerprint density at radius 1 is 1.28 bits per heavy atom. The average Bonchev–Trinajstić information content (AvgIpc) is 3.14. The fourth-order valence-corrected chi connectivity index (χ4v) is 4.88. The summed E-state index contributed by atoms with van der Waals surface area (Å²) >= 11 is 0. The zero-order valence-electron chi connectivity index (χ0n) is 20.4. The number of nitrogens with zero attached hydrogens (tertiary/aromatic N) is 2. The topological polar surface area (TPSA) is 91.7 Å². The zero-order chi connectivity index (χ0) is 25.9. The van der Waals surface area contributed by atoms with Gasteiger partial charge in [0.1, 0.15) is 5.75 Å². The van der Waals surface area contributed by atoms with Crippen molar-refractivity contribution in [3.63, 3.8) is 0 Å². The van der Waals surface area contributed by atoms with Crippen molar-refractivity contribution in [3.05, 3.63) is 46.3 Å². The van der Waals surface area contributed by atoms with Crippen molar-refractivity contribution in [2.45, 2.75) is 51.7 Å². The van der Waals surface area contributed by atoms with Gasteiger partial charge in [-0.2, -0.15) is 18.3 Å². The van der Waals surface area contributed by atoms with Crippen LogP contribution in [-0.2, 0) is 35.0 Å². The van der Waals surface area contributed by atoms with E-state index >= 15 is 0 Å². The molecule has 2 aliphatic heterocycles. The van der Waals surface area contributed by atoms with E-state index in [1.54, 1.807) is 4.68 Å². The molecule has 0 unspecified atom stereocenters. The summed E-state index contributed by atoms with van der Waals surface area (Å²) in [4.78, 5) is 25.4. The maximum atomic E-state index is 13.4. The molecule has 3 heterocycles. The number of methoxy groups -OCH3 is 1. The molecule has 0 saturated carbocycles. The van der Waals surface area contributed by atoms with Crippen molar-refractivity contribution in [1.82, 2.24) is 15.1 Å². The van der Waals surface area contributed by atoms with Gasteiger partial charge in [-0.15, -0.1) is 0 Å². The molecule has 11 heteroatoms. The standard InChI is InChI=1S/C25H30F3N3O5/c1-3-19-21-20(14-24(15-29-22(21)32)7-11-35-12-8-24)31(30-19)9-4-10-36-23(33)17-13-16(34-2)5-6-18(17)25(26,27)28/h5-6,13H,3-4,7-12,14-15H2,1-2H3,(H,29,32). The maximum Gasteiger partial charge on any atom is 0.417 e. The van der Waals surface area contributed by atoms with Crippen LogP contribution in [0.3, 0.4) is 0 Å². The molecule has 1 saturated heterocycles. The highest BCUT2D eigenvalue weighted by Gasteiger charge is 2.40. The number of carbonyl (C=O) groups is 2. The molecule has 1 aromatic carbocycles. The van der Waals surface area contributed by atoms with E-state index in [4.69, 9.17) is 14.2 Å². The molecule has 4 rings (SSSR count). The first kappa shape index (κ1) is 26.0. The summed E-state index contributed by atoms with van der Waals surface area (Å²) in [7, 11) is 1.31. The third-order valence-corrected chi connectivity index (χ3v) is 6.91. The third kappa shape index (κ3) is 5.35. The molecule has 1 amide bonds. The number of benzene rings is 1. The molecule has 196 valence electrons. The SMILES string of the molecule is CCc1nn(CCCOC(=O)c2cc(OC)ccc2C(F)(F)F)c2c1C(=O)NCC1(CCOCC1)C2. The fourth-order valence-electron chi connectivity index (χ4n) is 4.88. The van der Waals surface area contributed by atoms with Gasteiger partial charge in [-0.05, 0) is 49.3 Å². The minimum atomic E-state index is -4.70. The number of aryl methyl sites for hydroxylation is 2. The third-order valence-electron chi connectivity index (χ3n) is 6.91. The van der Waals surface area contributed by atoms with E-state index in [1.165, 1.54) is 7.11 Å². The van der Waals surface area contributed by atoms with Crippen molar-refractivity contribution < 1.29 is 37.0 Å². The zero-order valence-corrected chi connectivity index (χ0v) is 20.4. The minimum absolute atomic E-state index is 0.102. The van der Waals surface area contributed by atoms with Crippen molar-refractivity contribution in [2.75, 3.05) is 33.5 Å². The molecule has 1 fully saturated rings. The van der Waals surface area contributed by atoms with E-state index in [0.717, 1.165) is 36.7 Å². The molecule has 0 bridgehead atoms. The van der Waals surface area contributed by atoms with Crippen molar-refractivity contribution in [1.29, 1.82) is 0 Å². The number of esters is 1. The summed E-state index contributed by atoms with van der Waals surface area (Å²) in [6.45, 7) is 4.05. The van der Waals surface area contributed by atoms with Crippen LogP contribution in [0.5, 0.6) is 5.75 Å². The molecule has 0 aliphatic carbocycles. The van der Waals surface area contributed by atoms with Gasteiger partial charge in [0.05, 0.1) is 41.8 Å². The number of amides is 1. The molecular formula is C25H30F3N3O5. The summed E-state index contributed by atoms with van der Waals surface area (Å²) in [6, 6.07) is 2.98. The van der Waals surface area contributed by atoms with E-state index < -0.39 is 23.3 Å². The largest absolute Gasteiger partial charge is 0.497 e. The summed E-state index contributed by atoms with van der Waals surface area (Å²) in [5.41, 5.74) is 0.378. The monoisotopic (exact) mass is 509 g/mol. The molecule has 2 aliphatic rings. The van der Waals surface area contributed by atoms with E-state index in [1.807, 2.05) is 6.92 Å². The van der Waals surface area contributed by atoms with Crippen LogP contribution < -0.4 is 10.1 Å². The Morgan fingerprint density at radius 3 is 2.69 bits per heavy atom. The fraction of sp³-hybridized carbons (Fsp3) is 0.560. The number of hydrogen-bond acceptors (Lipinski definition) is 6. The number of ether oxygens (including phenoxy) is 3. The lowest BCUT2D eigenvalue weighted by Gasteiger charge is -2.36. The Morgan fingerprint density at radius 2 is 2.03 bits per heavy atom. The van der Waals surface area contributed by atoms with Gasteiger partial charge in [0.15, 0.2) is 0 Å². The molecule has 36 heavy (non-hydrogen) atoms. The van der Waals surface area contributed by atoms with Gasteiger partial charge in [0.25, 0.3) is 5.91 Å². The highest BCUT2D eigenvalue weighted by Crippen LogP contribution is 2.37. The number of aromatic nitrogens is 2. The van der Waals surface area contributed by atoms with Crippen LogP contribution in [0, 0.1) is 5.41 Å². The highest BCUT2D eigenvalue weighted by molar-refractivity contribution is 5.97. The first-order valence-electron chi connectivity index (χ1n) is 12.0. The van der Waals surface area contributed by atoms with Crippen LogP contribution >= 0.6 is 0 Å². The summed E-state index contributed by atoms with van der Waals surface area (Å²) in [5, 5.41) is 7.70. The lowest BCUT2D eigenvalue weighted by molar-refractivity contribution is -0.138. The summed E-state index contributed by atoms with van der Waals surface area (Å²) in [5.74, 6) is -1.09. The van der Waals surface area contributed by atoms with Gasteiger partial charge >= 0.3 is 12.1 Å². The smallest absolute Gasteiger partial charge is 0.417 e. The highest BCUT2D eigenvalue weighted by atomic mass is 19.4. The molecule has 1 spiro atoms. The number of carbonyl (C=O) groups excluding carboxylic acids is 2. The lowest BCUT2D eigenvalue weighted by atomic mass is 9.76. The molecule has 8 nitrogen and oxygen atoms in total. The molecular weight excluding hydrogens is 479 g/mol. The van der Waals surface area contributed by atoms with Crippen LogP contribution in [0.15, 0.2) is 18.2 Å². The molecule has 2 aromatic rings. The number of halogens is 3. The Bertz CT molecular complexity index is 1120. The summed E-state index contributed by atoms with van der Waals surface area (Å²) < 4.78 is 57.6. The van der Waals surface area contributed by atoms with Gasteiger partial charge in [-0.25, -0.2) is 4.79 Å². The Balaban J connectivity index is 1.47. The van der Waals surface area contributed by atoms with Crippen LogP contribution in [-0.4, -0.2) is 55.1 Å². The first-order valence-corrected chi connectivity index (χ1v) is 12.0. The predicted octanol–water partition coefficient (Wildman–Crippen LogP) is 3.80. The van der Waals surface area contributed by atoms with Crippen LogP contribution in [0.2, 0.25) is 0 Å². The van der Waals surface area contributed by atoms with E-state index in [-0.39, 0.29) is 23.7 Å². The molecule has 1 N–H and O–H groups in total. The van der Waals surface area contributed by atoms with Crippen molar-refractivity contribution in [3.8, 4) is 5.75 Å². The average molecular weight is 510 g/mol. The van der Waals surface area contributed by atoms with Crippen LogP contribution in [0.1, 0.15) is 63.9 Å². The van der Waals surface area contributed by atoms with Crippen LogP contribution in [0.4, 0.5) is 13.2 Å². The minimum Gasteiger partial charge on any atom is -0.497 e. The van der Waals surface area contributed by atoms with Crippen molar-refractivity contribution >= 4 is 11.9 Å². The quantitative estimate of drug-likeness (QED) is 0.451. The molecule has 0 radical (unpaired) electrons. The number of rotatable bonds is 7. The van der Waals surface area contributed by atoms with Crippen molar-refractivity contribution in [2.24, 2.45) is 5.41 Å². The van der Waals surface area contributed by atoms with Gasteiger partial charge in [-0.1, -0.05) is 6.92 Å². The summed E-state index contributed by atoms with van der Waals surface area (Å²) in [6.07, 6.45) is -1.45. The second-order valence-corrected chi connectivity index (χ2v) is 9.22. The van der Waals surface area contributed by atoms with Gasteiger partial charge < -0.3 is 19.5 Å². The first-order chi connectivity index (χ1) is 17.2. The predicted molar refractivity (Wildman–Crippen MR) is 123 cm³/mol. The van der Waals surface area contributed by atoms with Gasteiger partial charge in [0, 0.05) is 32.7 Å². The number of hydrogen-bond donors (Lipinski definition) is 1. The second kappa shape index (κ2) is 10.5. The van der Waals surface area contributed by atoms with E-state index in [2.05, 4.69) is 10.4 Å². The maximum absolute atomic E-state index is 13.4. The second-order valence-electron chi connectivity index (χ2n) is 9.22. The Labute approximate surface area is 207 Å². The Kier molecular flexibility index (Phi) is 7.58. The van der Waals surface area contributed by atoms with Gasteiger partial charge in [0.2, 0.25) is 0 Å². The number of fused-ring (bicyclic) bond motifs is 1. The molecule has 0 atom stereocenters. The van der Waals surface area contributed by atoms with E-state index in [9.17, 15) is 22.8 Å². The molecule has 1 aromatic heterocycles. The number of nitrogens with one attached hydrogen (secondary N) is 1. The van der Waals surface area contributed by atoms with E-state index in [0.29, 0.717) is 56.8 Å². The Hall–Kier alpha value is -3.08. The van der Waals surface area contributed by atoms with Gasteiger partial charge in [-0.3, -0.25) is 9.48 Å². The lowest BCUT2D eigenvalue weighted by Crippen LogP contribution is -2.40.